The molecular weight excluding hydrogens is 438 g/mol. The molecule has 178 valence electrons. The second-order valence-electron chi connectivity index (χ2n) is 9.53. The Morgan fingerprint density at radius 3 is 2.51 bits per heavy atom. The summed E-state index contributed by atoms with van der Waals surface area (Å²) in [5.41, 5.74) is 10.2. The van der Waals surface area contributed by atoms with E-state index in [0.717, 1.165) is 72.2 Å². The van der Waals surface area contributed by atoms with E-state index in [2.05, 4.69) is 32.9 Å². The lowest BCUT2D eigenvalue weighted by molar-refractivity contribution is -0.138. The number of para-hydroxylation sites is 1. The number of carbonyl (C=O) groups excluding carboxylic acids is 1. The highest BCUT2D eigenvalue weighted by Gasteiger charge is 2.39. The smallest absolute Gasteiger partial charge is 0.225 e. The molecule has 7 nitrogen and oxygen atoms in total. The summed E-state index contributed by atoms with van der Waals surface area (Å²) in [6.45, 7) is 2.28. The van der Waals surface area contributed by atoms with Gasteiger partial charge < -0.3 is 19.9 Å². The summed E-state index contributed by atoms with van der Waals surface area (Å²) in [5, 5.41) is 0.831. The summed E-state index contributed by atoms with van der Waals surface area (Å²) in [4.78, 5) is 23.7. The number of ether oxygens (including phenoxy) is 1. The third-order valence-corrected chi connectivity index (χ3v) is 7.33. The van der Waals surface area contributed by atoms with E-state index in [9.17, 15) is 4.79 Å². The first-order valence-electron chi connectivity index (χ1n) is 12.3. The zero-order valence-electron chi connectivity index (χ0n) is 19.6. The Hall–Kier alpha value is -3.87. The Labute approximate surface area is 204 Å². The number of benzene rings is 2. The molecule has 1 saturated carbocycles. The van der Waals surface area contributed by atoms with Gasteiger partial charge in [0.1, 0.15) is 30.1 Å². The third-order valence-electron chi connectivity index (χ3n) is 7.33. The van der Waals surface area contributed by atoms with Gasteiger partial charge in [-0.1, -0.05) is 48.5 Å². The van der Waals surface area contributed by atoms with Crippen molar-refractivity contribution in [2.24, 2.45) is 5.92 Å². The number of nitrogen functional groups attached to an aromatic ring is 1. The van der Waals surface area contributed by atoms with Gasteiger partial charge in [0, 0.05) is 42.4 Å². The van der Waals surface area contributed by atoms with Crippen LogP contribution >= 0.6 is 0 Å². The fourth-order valence-corrected chi connectivity index (χ4v) is 5.35. The number of fused-ring (bicyclic) bond motifs is 1. The molecule has 1 saturated heterocycles. The average molecular weight is 468 g/mol. The quantitative estimate of drug-likeness (QED) is 0.439. The molecule has 2 aromatic heterocycles. The fraction of sp³-hybridized carbons (Fsp3) is 0.321. The van der Waals surface area contributed by atoms with Crippen LogP contribution in [-0.4, -0.2) is 38.4 Å². The van der Waals surface area contributed by atoms with Crippen molar-refractivity contribution in [2.75, 3.05) is 18.8 Å². The first kappa shape index (κ1) is 21.6. The molecule has 1 aliphatic carbocycles. The lowest BCUT2D eigenvalue weighted by Crippen LogP contribution is -2.41. The van der Waals surface area contributed by atoms with Crippen LogP contribution < -0.4 is 10.5 Å². The highest BCUT2D eigenvalue weighted by atomic mass is 16.5. The van der Waals surface area contributed by atoms with Crippen molar-refractivity contribution in [1.29, 1.82) is 0 Å². The summed E-state index contributed by atoms with van der Waals surface area (Å²) in [6, 6.07) is 18.3. The van der Waals surface area contributed by atoms with Crippen LogP contribution in [0.25, 0.3) is 22.2 Å². The molecule has 7 heteroatoms. The molecule has 0 spiro atoms. The van der Waals surface area contributed by atoms with Crippen LogP contribution in [0.2, 0.25) is 0 Å². The second-order valence-corrected chi connectivity index (χ2v) is 9.53. The summed E-state index contributed by atoms with van der Waals surface area (Å²) < 4.78 is 8.43. The van der Waals surface area contributed by atoms with E-state index in [4.69, 9.17) is 10.5 Å². The number of likely N-dealkylation sites (tertiary alicyclic amines) is 1. The molecule has 1 amide bonds. The Morgan fingerprint density at radius 1 is 0.971 bits per heavy atom. The normalized spacial score (nSPS) is 19.6. The van der Waals surface area contributed by atoms with E-state index in [1.54, 1.807) is 0 Å². The number of aromatic nitrogens is 3. The molecule has 6 rings (SSSR count). The molecule has 0 radical (unpaired) electrons. The molecule has 2 aromatic carbocycles. The Balaban J connectivity index is 1.31. The van der Waals surface area contributed by atoms with Gasteiger partial charge in [0.2, 0.25) is 5.91 Å². The van der Waals surface area contributed by atoms with Crippen molar-refractivity contribution in [3.8, 4) is 16.9 Å². The average Bonchev–Trinajstić information content (AvgIpc) is 3.52. The van der Waals surface area contributed by atoms with Crippen molar-refractivity contribution in [3.05, 3.63) is 72.7 Å². The SMILES string of the molecule is Nc1ncnc2c1c(-c1ccccc1OCc1ccccc1)cn2C1CC(C(=O)N2CCCC2)C1. The Morgan fingerprint density at radius 2 is 1.71 bits per heavy atom. The third kappa shape index (κ3) is 4.01. The number of hydrogen-bond acceptors (Lipinski definition) is 5. The standard InChI is InChI=1S/C28H29N5O2/c29-26-25-23(22-10-4-5-11-24(22)35-17-19-8-2-1-3-9-19)16-33(27(25)31-18-30-26)21-14-20(15-21)28(34)32-12-6-7-13-32/h1-5,8-11,16,18,20-21H,6-7,12-15,17H2,(H2,29,30,31). The van der Waals surface area contributed by atoms with Gasteiger partial charge in [0.15, 0.2) is 0 Å². The van der Waals surface area contributed by atoms with Crippen molar-refractivity contribution in [2.45, 2.75) is 38.3 Å². The van der Waals surface area contributed by atoms with Crippen molar-refractivity contribution >= 4 is 22.8 Å². The maximum atomic E-state index is 12.8. The maximum Gasteiger partial charge on any atom is 0.225 e. The van der Waals surface area contributed by atoms with Crippen molar-refractivity contribution < 1.29 is 9.53 Å². The van der Waals surface area contributed by atoms with Crippen LogP contribution in [0, 0.1) is 5.92 Å². The minimum atomic E-state index is 0.0969. The predicted molar refractivity (Wildman–Crippen MR) is 136 cm³/mol. The lowest BCUT2D eigenvalue weighted by atomic mass is 9.79. The lowest BCUT2D eigenvalue weighted by Gasteiger charge is -2.37. The largest absolute Gasteiger partial charge is 0.488 e. The van der Waals surface area contributed by atoms with Crippen molar-refractivity contribution in [3.63, 3.8) is 0 Å². The molecule has 0 unspecified atom stereocenters. The number of carbonyl (C=O) groups is 1. The topological polar surface area (TPSA) is 86.3 Å². The maximum absolute atomic E-state index is 12.8. The van der Waals surface area contributed by atoms with Crippen LogP contribution in [0.1, 0.15) is 37.3 Å². The van der Waals surface area contributed by atoms with Gasteiger partial charge in [-0.05, 0) is 37.3 Å². The van der Waals surface area contributed by atoms with Crippen LogP contribution in [0.3, 0.4) is 0 Å². The molecular formula is C28H29N5O2. The number of nitrogens with two attached hydrogens (primary N) is 1. The van der Waals surface area contributed by atoms with Crippen LogP contribution in [0.5, 0.6) is 5.75 Å². The minimum Gasteiger partial charge on any atom is -0.488 e. The van der Waals surface area contributed by atoms with Gasteiger partial charge in [-0.3, -0.25) is 4.79 Å². The van der Waals surface area contributed by atoms with E-state index in [1.165, 1.54) is 6.33 Å². The zero-order chi connectivity index (χ0) is 23.8. The van der Waals surface area contributed by atoms with E-state index in [-0.39, 0.29) is 12.0 Å². The number of anilines is 1. The zero-order valence-corrected chi connectivity index (χ0v) is 19.6. The van der Waals surface area contributed by atoms with Crippen LogP contribution in [0.4, 0.5) is 5.82 Å². The minimum absolute atomic E-state index is 0.0969. The van der Waals surface area contributed by atoms with E-state index < -0.39 is 0 Å². The van der Waals surface area contributed by atoms with E-state index >= 15 is 0 Å². The summed E-state index contributed by atoms with van der Waals surface area (Å²) in [7, 11) is 0. The molecule has 2 aliphatic rings. The summed E-state index contributed by atoms with van der Waals surface area (Å²) in [5.74, 6) is 1.64. The second kappa shape index (κ2) is 9.06. The van der Waals surface area contributed by atoms with Gasteiger partial charge >= 0.3 is 0 Å². The van der Waals surface area contributed by atoms with E-state index in [1.807, 2.05) is 47.4 Å². The monoisotopic (exact) mass is 467 g/mol. The molecule has 2 N–H and O–H groups in total. The number of hydrogen-bond donors (Lipinski definition) is 1. The summed E-state index contributed by atoms with van der Waals surface area (Å²) >= 11 is 0. The molecule has 0 atom stereocenters. The molecule has 0 bridgehead atoms. The van der Waals surface area contributed by atoms with Crippen LogP contribution in [-0.2, 0) is 11.4 Å². The first-order chi connectivity index (χ1) is 17.2. The van der Waals surface area contributed by atoms with E-state index in [0.29, 0.717) is 18.3 Å². The van der Waals surface area contributed by atoms with Gasteiger partial charge in [-0.15, -0.1) is 0 Å². The Kier molecular flexibility index (Phi) is 5.60. The first-order valence-corrected chi connectivity index (χ1v) is 12.3. The van der Waals surface area contributed by atoms with Crippen molar-refractivity contribution in [1.82, 2.24) is 19.4 Å². The predicted octanol–water partition coefficient (Wildman–Crippen LogP) is 4.83. The van der Waals surface area contributed by atoms with Gasteiger partial charge in [-0.25, -0.2) is 9.97 Å². The van der Waals surface area contributed by atoms with Gasteiger partial charge in [0.25, 0.3) is 0 Å². The van der Waals surface area contributed by atoms with Crippen LogP contribution in [0.15, 0.2) is 67.1 Å². The molecule has 2 fully saturated rings. The molecule has 35 heavy (non-hydrogen) atoms. The van der Waals surface area contributed by atoms with Gasteiger partial charge in [-0.2, -0.15) is 0 Å². The summed E-state index contributed by atoms with van der Waals surface area (Å²) in [6.07, 6.45) is 7.52. The molecule has 3 heterocycles. The number of rotatable bonds is 6. The van der Waals surface area contributed by atoms with Gasteiger partial charge in [0.05, 0.1) is 5.39 Å². The number of amides is 1. The highest BCUT2D eigenvalue weighted by Crippen LogP contribution is 2.45. The molecule has 4 aromatic rings. The Bertz CT molecular complexity index is 1350. The highest BCUT2D eigenvalue weighted by molar-refractivity contribution is 6.01. The fourth-order valence-electron chi connectivity index (χ4n) is 5.35. The molecule has 1 aliphatic heterocycles. The number of nitrogens with zero attached hydrogens (tertiary/aromatic N) is 4.